The lowest BCUT2D eigenvalue weighted by Crippen LogP contribution is -2.23. The number of nitrogens with one attached hydrogen (secondary N) is 1. The normalized spacial score (nSPS) is 19.3. The Labute approximate surface area is 105 Å². The summed E-state index contributed by atoms with van der Waals surface area (Å²) in [7, 11) is 0. The van der Waals surface area contributed by atoms with Gasteiger partial charge in [0, 0.05) is 24.9 Å². The third-order valence-corrected chi connectivity index (χ3v) is 3.03. The molecule has 1 atom stereocenters. The van der Waals surface area contributed by atoms with E-state index in [1.165, 1.54) is 12.8 Å². The van der Waals surface area contributed by atoms with Crippen molar-refractivity contribution in [3.63, 3.8) is 0 Å². The summed E-state index contributed by atoms with van der Waals surface area (Å²) in [6, 6.07) is 0.456. The second-order valence-electron chi connectivity index (χ2n) is 4.59. The Morgan fingerprint density at radius 2 is 2.17 bits per heavy atom. The van der Waals surface area contributed by atoms with Crippen LogP contribution in [0.15, 0.2) is 16.9 Å². The highest BCUT2D eigenvalue weighted by molar-refractivity contribution is 5.40. The van der Waals surface area contributed by atoms with Crippen LogP contribution in [0.25, 0.3) is 11.6 Å². The first-order chi connectivity index (χ1) is 8.81. The van der Waals surface area contributed by atoms with Crippen molar-refractivity contribution in [3.8, 4) is 11.6 Å². The number of rotatable bonds is 3. The van der Waals surface area contributed by atoms with Crippen LogP contribution < -0.4 is 5.32 Å². The van der Waals surface area contributed by atoms with E-state index in [9.17, 15) is 0 Å². The Morgan fingerprint density at radius 1 is 1.33 bits per heavy atom. The topological polar surface area (TPSA) is 76.7 Å². The molecule has 0 aliphatic carbocycles. The fourth-order valence-corrected chi connectivity index (χ4v) is 2.08. The largest absolute Gasteiger partial charge is 0.339 e. The summed E-state index contributed by atoms with van der Waals surface area (Å²) in [5.41, 5.74) is 1.01. The maximum absolute atomic E-state index is 5.23. The molecule has 1 aliphatic heterocycles. The smallest absolute Gasteiger partial charge is 0.240 e. The summed E-state index contributed by atoms with van der Waals surface area (Å²) < 4.78 is 5.23. The van der Waals surface area contributed by atoms with Gasteiger partial charge in [-0.2, -0.15) is 4.98 Å². The molecule has 1 fully saturated rings. The molecule has 0 bridgehead atoms. The van der Waals surface area contributed by atoms with Crippen LogP contribution in [0.1, 0.15) is 24.3 Å². The van der Waals surface area contributed by atoms with Crippen molar-refractivity contribution in [1.29, 1.82) is 0 Å². The Hall–Kier alpha value is -1.82. The van der Waals surface area contributed by atoms with Gasteiger partial charge >= 0.3 is 0 Å². The lowest BCUT2D eigenvalue weighted by molar-refractivity contribution is 0.364. The van der Waals surface area contributed by atoms with Gasteiger partial charge in [-0.1, -0.05) is 5.16 Å². The quantitative estimate of drug-likeness (QED) is 0.873. The molecule has 1 N–H and O–H groups in total. The van der Waals surface area contributed by atoms with Crippen molar-refractivity contribution < 1.29 is 4.52 Å². The van der Waals surface area contributed by atoms with Gasteiger partial charge < -0.3 is 9.84 Å². The van der Waals surface area contributed by atoms with Crippen molar-refractivity contribution in [2.24, 2.45) is 0 Å². The van der Waals surface area contributed by atoms with E-state index in [1.54, 1.807) is 12.4 Å². The summed E-state index contributed by atoms with van der Waals surface area (Å²) in [6.45, 7) is 3.02. The third kappa shape index (κ3) is 2.38. The summed E-state index contributed by atoms with van der Waals surface area (Å²) in [5, 5.41) is 7.32. The Balaban J connectivity index is 1.74. The molecule has 2 aromatic rings. The molecule has 1 unspecified atom stereocenters. The molecule has 3 rings (SSSR count). The van der Waals surface area contributed by atoms with E-state index in [1.807, 2.05) is 6.92 Å². The number of hydrogen-bond acceptors (Lipinski definition) is 6. The molecule has 0 spiro atoms. The number of nitrogens with zero attached hydrogens (tertiary/aromatic N) is 4. The van der Waals surface area contributed by atoms with E-state index in [-0.39, 0.29) is 0 Å². The van der Waals surface area contributed by atoms with Crippen molar-refractivity contribution in [2.75, 3.05) is 6.54 Å². The van der Waals surface area contributed by atoms with Gasteiger partial charge in [-0.15, -0.1) is 0 Å². The fourth-order valence-electron chi connectivity index (χ4n) is 2.08. The Bertz CT molecular complexity index is 516. The SMILES string of the molecule is Cc1cnc(-c2noc(CC3CCCN3)n2)nc1. The van der Waals surface area contributed by atoms with Gasteiger partial charge in [0.05, 0.1) is 0 Å². The molecule has 0 amide bonds. The number of aromatic nitrogens is 4. The fraction of sp³-hybridized carbons (Fsp3) is 0.500. The van der Waals surface area contributed by atoms with E-state index >= 15 is 0 Å². The maximum atomic E-state index is 5.23. The zero-order chi connectivity index (χ0) is 12.4. The lowest BCUT2D eigenvalue weighted by atomic mass is 10.1. The molecule has 6 heteroatoms. The van der Waals surface area contributed by atoms with Gasteiger partial charge in [0.15, 0.2) is 0 Å². The average Bonchev–Trinajstić information content (AvgIpc) is 3.02. The number of hydrogen-bond donors (Lipinski definition) is 1. The average molecular weight is 245 g/mol. The second kappa shape index (κ2) is 4.81. The van der Waals surface area contributed by atoms with Gasteiger partial charge in [-0.3, -0.25) is 0 Å². The standard InChI is InChI=1S/C12H15N5O/c1-8-6-14-11(15-7-8)12-16-10(18-17-12)5-9-3-2-4-13-9/h6-7,9,13H,2-5H2,1H3. The highest BCUT2D eigenvalue weighted by Gasteiger charge is 2.19. The van der Waals surface area contributed by atoms with E-state index in [0.717, 1.165) is 18.5 Å². The van der Waals surface area contributed by atoms with Crippen molar-refractivity contribution in [2.45, 2.75) is 32.2 Å². The first kappa shape index (κ1) is 11.3. The Kier molecular flexibility index (Phi) is 3.02. The first-order valence-electron chi connectivity index (χ1n) is 6.16. The molecule has 1 aliphatic rings. The molecule has 0 radical (unpaired) electrons. The van der Waals surface area contributed by atoms with Gasteiger partial charge in [0.1, 0.15) is 0 Å². The minimum absolute atomic E-state index is 0.456. The summed E-state index contributed by atoms with van der Waals surface area (Å²) in [6.07, 6.45) is 6.65. The Morgan fingerprint density at radius 3 is 2.89 bits per heavy atom. The predicted molar refractivity (Wildman–Crippen MR) is 64.8 cm³/mol. The summed E-state index contributed by atoms with van der Waals surface area (Å²) in [4.78, 5) is 12.7. The predicted octanol–water partition coefficient (Wildman–Crippen LogP) is 1.13. The van der Waals surface area contributed by atoms with Crippen LogP contribution in [0.5, 0.6) is 0 Å². The molecular formula is C12H15N5O. The van der Waals surface area contributed by atoms with Crippen LogP contribution in [0, 0.1) is 6.92 Å². The maximum Gasteiger partial charge on any atom is 0.240 e. The van der Waals surface area contributed by atoms with Crippen LogP contribution in [0.3, 0.4) is 0 Å². The molecule has 0 aromatic carbocycles. The summed E-state index contributed by atoms with van der Waals surface area (Å²) >= 11 is 0. The van der Waals surface area contributed by atoms with Gasteiger partial charge in [0.2, 0.25) is 17.5 Å². The molecular weight excluding hydrogens is 230 g/mol. The van der Waals surface area contributed by atoms with Crippen LogP contribution >= 0.6 is 0 Å². The minimum atomic E-state index is 0.456. The molecule has 6 nitrogen and oxygen atoms in total. The van der Waals surface area contributed by atoms with Gasteiger partial charge in [-0.05, 0) is 31.9 Å². The van der Waals surface area contributed by atoms with E-state index in [0.29, 0.717) is 23.6 Å². The van der Waals surface area contributed by atoms with Crippen molar-refractivity contribution in [3.05, 3.63) is 23.8 Å². The molecule has 0 saturated carbocycles. The van der Waals surface area contributed by atoms with Crippen LogP contribution in [-0.2, 0) is 6.42 Å². The third-order valence-electron chi connectivity index (χ3n) is 3.03. The highest BCUT2D eigenvalue weighted by atomic mass is 16.5. The van der Waals surface area contributed by atoms with E-state index in [4.69, 9.17) is 4.52 Å². The van der Waals surface area contributed by atoms with Gasteiger partial charge in [0.25, 0.3) is 0 Å². The zero-order valence-corrected chi connectivity index (χ0v) is 10.3. The molecule has 1 saturated heterocycles. The first-order valence-corrected chi connectivity index (χ1v) is 6.16. The van der Waals surface area contributed by atoms with E-state index in [2.05, 4.69) is 25.4 Å². The highest BCUT2D eigenvalue weighted by Crippen LogP contribution is 2.14. The molecule has 2 aromatic heterocycles. The number of aryl methyl sites for hydroxylation is 1. The monoisotopic (exact) mass is 245 g/mol. The second-order valence-corrected chi connectivity index (χ2v) is 4.59. The van der Waals surface area contributed by atoms with Gasteiger partial charge in [-0.25, -0.2) is 9.97 Å². The van der Waals surface area contributed by atoms with E-state index < -0.39 is 0 Å². The molecule has 18 heavy (non-hydrogen) atoms. The van der Waals surface area contributed by atoms with Crippen molar-refractivity contribution in [1.82, 2.24) is 25.4 Å². The molecule has 3 heterocycles. The zero-order valence-electron chi connectivity index (χ0n) is 10.3. The lowest BCUT2D eigenvalue weighted by Gasteiger charge is -2.04. The van der Waals surface area contributed by atoms with Crippen LogP contribution in [0.2, 0.25) is 0 Å². The van der Waals surface area contributed by atoms with Crippen LogP contribution in [-0.4, -0.2) is 32.7 Å². The molecule has 94 valence electrons. The minimum Gasteiger partial charge on any atom is -0.339 e. The van der Waals surface area contributed by atoms with Crippen molar-refractivity contribution >= 4 is 0 Å². The van der Waals surface area contributed by atoms with Crippen LogP contribution in [0.4, 0.5) is 0 Å². The summed E-state index contributed by atoms with van der Waals surface area (Å²) in [5.74, 6) is 1.62.